The molecule has 2 aliphatic rings. The van der Waals surface area contributed by atoms with Crippen LogP contribution in [0.5, 0.6) is 11.5 Å². The van der Waals surface area contributed by atoms with Crippen molar-refractivity contribution in [3.8, 4) is 11.5 Å². The molecule has 0 bridgehead atoms. The molecule has 0 fully saturated rings. The zero-order valence-corrected chi connectivity index (χ0v) is 20.3. The molecule has 184 valence electrons. The van der Waals surface area contributed by atoms with Gasteiger partial charge in [-0.2, -0.15) is 0 Å². The maximum absolute atomic E-state index is 6.10. The molecule has 4 nitrogen and oxygen atoms in total. The van der Waals surface area contributed by atoms with E-state index in [1.54, 1.807) is 0 Å². The molecular formula is C32H34N2O2. The van der Waals surface area contributed by atoms with Gasteiger partial charge >= 0.3 is 0 Å². The van der Waals surface area contributed by atoms with E-state index in [1.165, 1.54) is 33.6 Å². The predicted octanol–water partition coefficient (Wildman–Crippen LogP) is 7.36. The first-order valence-corrected chi connectivity index (χ1v) is 12.2. The monoisotopic (exact) mass is 478 g/mol. The standard InChI is InChI=1S/C31H30N2O2.CH4/c1-31(2,25-13-15-29-23(17-25)19-32(21-34-29)27-9-5-3-6-10-27)26-14-16-30-24(18-26)20-33(22-35-30)28-11-7-4-8-12-28;/h3-18H,19-22H2,1-2H3;1H4. The van der Waals surface area contributed by atoms with Crippen LogP contribution in [0.1, 0.15) is 43.5 Å². The summed E-state index contributed by atoms with van der Waals surface area (Å²) in [6.07, 6.45) is 0. The molecule has 2 aliphatic heterocycles. The molecule has 0 aliphatic carbocycles. The number of rotatable bonds is 4. The smallest absolute Gasteiger partial charge is 0.161 e. The van der Waals surface area contributed by atoms with Crippen molar-refractivity contribution < 1.29 is 9.47 Å². The fourth-order valence-electron chi connectivity index (χ4n) is 5.04. The molecule has 6 rings (SSSR count). The summed E-state index contributed by atoms with van der Waals surface area (Å²) in [6, 6.07) is 34.2. The Morgan fingerprint density at radius 3 is 1.42 bits per heavy atom. The molecule has 36 heavy (non-hydrogen) atoms. The summed E-state index contributed by atoms with van der Waals surface area (Å²) in [5, 5.41) is 0. The van der Waals surface area contributed by atoms with Crippen LogP contribution in [0.15, 0.2) is 97.1 Å². The van der Waals surface area contributed by atoms with E-state index in [0.717, 1.165) is 24.6 Å². The summed E-state index contributed by atoms with van der Waals surface area (Å²) >= 11 is 0. The van der Waals surface area contributed by atoms with Gasteiger partial charge in [-0.05, 0) is 59.7 Å². The molecule has 0 unspecified atom stereocenters. The predicted molar refractivity (Wildman–Crippen MR) is 148 cm³/mol. The molecular weight excluding hydrogens is 444 g/mol. The molecule has 4 aromatic rings. The number of anilines is 2. The van der Waals surface area contributed by atoms with Gasteiger partial charge in [-0.3, -0.25) is 0 Å². The first kappa shape index (κ1) is 23.8. The molecule has 0 saturated carbocycles. The van der Waals surface area contributed by atoms with Crippen LogP contribution in [0.2, 0.25) is 0 Å². The van der Waals surface area contributed by atoms with E-state index in [2.05, 4.69) is 109 Å². The Hall–Kier alpha value is -3.92. The number of hydrogen-bond acceptors (Lipinski definition) is 4. The first-order chi connectivity index (χ1) is 17.1. The molecule has 0 atom stereocenters. The maximum atomic E-state index is 6.10. The van der Waals surface area contributed by atoms with Crippen molar-refractivity contribution in [3.05, 3.63) is 119 Å². The van der Waals surface area contributed by atoms with Crippen LogP contribution >= 0.6 is 0 Å². The van der Waals surface area contributed by atoms with Crippen LogP contribution in [0.4, 0.5) is 11.4 Å². The van der Waals surface area contributed by atoms with E-state index in [4.69, 9.17) is 9.47 Å². The van der Waals surface area contributed by atoms with Crippen molar-refractivity contribution in [1.29, 1.82) is 0 Å². The molecule has 0 amide bonds. The molecule has 4 heteroatoms. The summed E-state index contributed by atoms with van der Waals surface area (Å²) in [6.45, 7) is 7.42. The van der Waals surface area contributed by atoms with E-state index >= 15 is 0 Å². The van der Waals surface area contributed by atoms with Gasteiger partial charge < -0.3 is 19.3 Å². The van der Waals surface area contributed by atoms with Gasteiger partial charge in [0.1, 0.15) is 11.5 Å². The summed E-state index contributed by atoms with van der Waals surface area (Å²) < 4.78 is 12.2. The fraction of sp³-hybridized carbons (Fsp3) is 0.250. The van der Waals surface area contributed by atoms with Gasteiger partial charge in [-0.25, -0.2) is 0 Å². The van der Waals surface area contributed by atoms with Crippen molar-refractivity contribution >= 4 is 11.4 Å². The van der Waals surface area contributed by atoms with Crippen LogP contribution < -0.4 is 19.3 Å². The lowest BCUT2D eigenvalue weighted by Gasteiger charge is -2.34. The lowest BCUT2D eigenvalue weighted by atomic mass is 9.77. The van der Waals surface area contributed by atoms with Gasteiger partial charge in [0.2, 0.25) is 0 Å². The number of fused-ring (bicyclic) bond motifs is 2. The van der Waals surface area contributed by atoms with E-state index in [-0.39, 0.29) is 12.8 Å². The van der Waals surface area contributed by atoms with E-state index in [0.29, 0.717) is 13.5 Å². The minimum atomic E-state index is -0.159. The van der Waals surface area contributed by atoms with Crippen LogP contribution in [0.25, 0.3) is 0 Å². The Labute approximate surface area is 214 Å². The van der Waals surface area contributed by atoms with Crippen LogP contribution in [-0.4, -0.2) is 13.5 Å². The number of para-hydroxylation sites is 2. The Bertz CT molecular complexity index is 1230. The molecule has 2 heterocycles. The average Bonchev–Trinajstić information content (AvgIpc) is 2.92. The molecule has 4 aromatic carbocycles. The molecule has 0 N–H and O–H groups in total. The third kappa shape index (κ3) is 4.39. The van der Waals surface area contributed by atoms with Crippen molar-refractivity contribution in [3.63, 3.8) is 0 Å². The second-order valence-electron chi connectivity index (χ2n) is 9.88. The minimum Gasteiger partial charge on any atom is -0.473 e. The van der Waals surface area contributed by atoms with Crippen molar-refractivity contribution in [2.45, 2.75) is 39.8 Å². The van der Waals surface area contributed by atoms with Gasteiger partial charge in [0, 0.05) is 41.0 Å². The number of ether oxygens (including phenoxy) is 2. The lowest BCUT2D eigenvalue weighted by molar-refractivity contribution is 0.288. The zero-order valence-electron chi connectivity index (χ0n) is 20.3. The van der Waals surface area contributed by atoms with Crippen molar-refractivity contribution in [2.24, 2.45) is 0 Å². The Morgan fingerprint density at radius 2 is 1.00 bits per heavy atom. The van der Waals surface area contributed by atoms with Gasteiger partial charge in [0.05, 0.1) is 0 Å². The van der Waals surface area contributed by atoms with E-state index < -0.39 is 0 Å². The highest BCUT2D eigenvalue weighted by atomic mass is 16.5. The van der Waals surface area contributed by atoms with E-state index in [1.807, 2.05) is 12.1 Å². The third-order valence-electron chi connectivity index (χ3n) is 7.28. The molecule has 0 aromatic heterocycles. The van der Waals surface area contributed by atoms with Gasteiger partial charge in [0.15, 0.2) is 13.5 Å². The highest BCUT2D eigenvalue weighted by Gasteiger charge is 2.28. The molecule has 0 radical (unpaired) electrons. The maximum Gasteiger partial charge on any atom is 0.161 e. The summed E-state index contributed by atoms with van der Waals surface area (Å²) in [5.74, 6) is 1.96. The number of hydrogen-bond donors (Lipinski definition) is 0. The van der Waals surface area contributed by atoms with Gasteiger partial charge in [-0.15, -0.1) is 0 Å². The van der Waals surface area contributed by atoms with E-state index in [9.17, 15) is 0 Å². The highest BCUT2D eigenvalue weighted by molar-refractivity contribution is 5.54. The Morgan fingerprint density at radius 1 is 0.583 bits per heavy atom. The highest BCUT2D eigenvalue weighted by Crippen LogP contribution is 2.39. The molecule has 0 spiro atoms. The summed E-state index contributed by atoms with van der Waals surface area (Å²) in [4.78, 5) is 4.54. The number of nitrogens with zero attached hydrogens (tertiary/aromatic N) is 2. The Balaban J connectivity index is 0.00000267. The topological polar surface area (TPSA) is 24.9 Å². The quantitative estimate of drug-likeness (QED) is 0.306. The molecule has 0 saturated heterocycles. The van der Waals surface area contributed by atoms with Crippen LogP contribution in [0, 0.1) is 0 Å². The fourth-order valence-corrected chi connectivity index (χ4v) is 5.04. The van der Waals surface area contributed by atoms with Gasteiger partial charge in [0.25, 0.3) is 0 Å². The summed E-state index contributed by atoms with van der Waals surface area (Å²) in [5.41, 5.74) is 7.22. The SMILES string of the molecule is C.CC(C)(c1ccc2c(c1)CN(c1ccccc1)CO2)c1ccc2c(c1)CN(c1ccccc1)CO2. The van der Waals surface area contributed by atoms with Crippen molar-refractivity contribution in [1.82, 2.24) is 0 Å². The van der Waals surface area contributed by atoms with Crippen LogP contribution in [0.3, 0.4) is 0 Å². The van der Waals surface area contributed by atoms with Crippen LogP contribution in [-0.2, 0) is 18.5 Å². The average molecular weight is 479 g/mol. The minimum absolute atomic E-state index is 0. The van der Waals surface area contributed by atoms with Crippen molar-refractivity contribution in [2.75, 3.05) is 23.3 Å². The largest absolute Gasteiger partial charge is 0.473 e. The summed E-state index contributed by atoms with van der Waals surface area (Å²) in [7, 11) is 0. The Kier molecular flexibility index (Phi) is 6.36. The zero-order chi connectivity index (χ0) is 23.8. The first-order valence-electron chi connectivity index (χ1n) is 12.2. The second kappa shape index (κ2) is 9.62. The van der Waals surface area contributed by atoms with Gasteiger partial charge in [-0.1, -0.05) is 69.8 Å². The number of benzene rings is 4. The second-order valence-corrected chi connectivity index (χ2v) is 9.88. The third-order valence-corrected chi connectivity index (χ3v) is 7.28. The lowest BCUT2D eigenvalue weighted by Crippen LogP contribution is -2.32. The normalized spacial score (nSPS) is 14.6.